The highest BCUT2D eigenvalue weighted by Gasteiger charge is 2.16. The number of anilines is 2. The van der Waals surface area contributed by atoms with Crippen LogP contribution in [0.5, 0.6) is 0 Å². The third kappa shape index (κ3) is 3.38. The van der Waals surface area contributed by atoms with Gasteiger partial charge in [0.05, 0.1) is 10.6 Å². The van der Waals surface area contributed by atoms with Gasteiger partial charge in [-0.1, -0.05) is 18.2 Å². The molecule has 0 saturated carbocycles. The molecule has 3 aromatic rings. The summed E-state index contributed by atoms with van der Waals surface area (Å²) in [5.74, 6) is 0.515. The standard InChI is InChI=1S/C16H17N5O2S/c1-21(2)14-7-4-6-13(10-14)20-24(22,23)15-8-3-5-12(9-15)16-17-11-18-19-16/h3-11,20H,1-2H3,(H,17,18,19). The average Bonchev–Trinajstić information content (AvgIpc) is 3.09. The van der Waals surface area contributed by atoms with Crippen molar-refractivity contribution in [1.82, 2.24) is 15.2 Å². The number of sulfonamides is 1. The van der Waals surface area contributed by atoms with Crippen molar-refractivity contribution < 1.29 is 8.42 Å². The van der Waals surface area contributed by atoms with Crippen molar-refractivity contribution in [1.29, 1.82) is 0 Å². The lowest BCUT2D eigenvalue weighted by molar-refractivity contribution is 0.601. The van der Waals surface area contributed by atoms with Crippen molar-refractivity contribution in [3.05, 3.63) is 54.9 Å². The summed E-state index contributed by atoms with van der Waals surface area (Å²) in [4.78, 5) is 6.10. The molecule has 0 atom stereocenters. The van der Waals surface area contributed by atoms with Crippen molar-refractivity contribution in [2.75, 3.05) is 23.7 Å². The SMILES string of the molecule is CN(C)c1cccc(NS(=O)(=O)c2cccc(-c3ncn[nH]3)c2)c1. The van der Waals surface area contributed by atoms with Gasteiger partial charge >= 0.3 is 0 Å². The third-order valence-electron chi connectivity index (χ3n) is 3.45. The molecule has 3 rings (SSSR count). The number of nitrogens with zero attached hydrogens (tertiary/aromatic N) is 3. The topological polar surface area (TPSA) is 91.0 Å². The maximum Gasteiger partial charge on any atom is 0.261 e. The first-order valence-electron chi connectivity index (χ1n) is 7.22. The Labute approximate surface area is 140 Å². The lowest BCUT2D eigenvalue weighted by atomic mass is 10.2. The lowest BCUT2D eigenvalue weighted by Gasteiger charge is -2.14. The van der Waals surface area contributed by atoms with E-state index in [1.807, 2.05) is 25.1 Å². The van der Waals surface area contributed by atoms with Gasteiger partial charge in [-0.2, -0.15) is 5.10 Å². The smallest absolute Gasteiger partial charge is 0.261 e. The van der Waals surface area contributed by atoms with Crippen LogP contribution in [0.1, 0.15) is 0 Å². The van der Waals surface area contributed by atoms with Gasteiger partial charge < -0.3 is 4.90 Å². The zero-order chi connectivity index (χ0) is 17.2. The van der Waals surface area contributed by atoms with E-state index in [-0.39, 0.29) is 4.90 Å². The molecule has 1 aromatic heterocycles. The zero-order valence-electron chi connectivity index (χ0n) is 13.3. The first kappa shape index (κ1) is 16.0. The van der Waals surface area contributed by atoms with Crippen LogP contribution in [0.4, 0.5) is 11.4 Å². The fourth-order valence-corrected chi connectivity index (χ4v) is 3.31. The van der Waals surface area contributed by atoms with Crippen LogP contribution in [0.25, 0.3) is 11.4 Å². The number of hydrogen-bond donors (Lipinski definition) is 2. The molecule has 124 valence electrons. The number of hydrogen-bond acceptors (Lipinski definition) is 5. The van der Waals surface area contributed by atoms with E-state index in [0.29, 0.717) is 17.1 Å². The highest BCUT2D eigenvalue weighted by atomic mass is 32.2. The molecule has 8 heteroatoms. The molecule has 0 radical (unpaired) electrons. The molecule has 0 aliphatic carbocycles. The Bertz CT molecular complexity index is 937. The Morgan fingerprint density at radius 2 is 1.88 bits per heavy atom. The van der Waals surface area contributed by atoms with Gasteiger partial charge in [-0.15, -0.1) is 0 Å². The van der Waals surface area contributed by atoms with Crippen molar-refractivity contribution in [2.45, 2.75) is 4.90 Å². The highest BCUT2D eigenvalue weighted by molar-refractivity contribution is 7.92. The molecule has 24 heavy (non-hydrogen) atoms. The monoisotopic (exact) mass is 343 g/mol. The summed E-state index contributed by atoms with van der Waals surface area (Å²) in [6.07, 6.45) is 1.38. The fraction of sp³-hybridized carbons (Fsp3) is 0.125. The van der Waals surface area contributed by atoms with E-state index in [0.717, 1.165) is 5.69 Å². The number of nitrogens with one attached hydrogen (secondary N) is 2. The van der Waals surface area contributed by atoms with Crippen molar-refractivity contribution in [2.24, 2.45) is 0 Å². The van der Waals surface area contributed by atoms with E-state index in [1.54, 1.807) is 36.4 Å². The van der Waals surface area contributed by atoms with Crippen LogP contribution in [0.2, 0.25) is 0 Å². The quantitative estimate of drug-likeness (QED) is 0.742. The molecular weight excluding hydrogens is 326 g/mol. The predicted octanol–water partition coefficient (Wildman–Crippen LogP) is 2.34. The van der Waals surface area contributed by atoms with Crippen LogP contribution in [0, 0.1) is 0 Å². The Hall–Kier alpha value is -2.87. The minimum absolute atomic E-state index is 0.159. The zero-order valence-corrected chi connectivity index (χ0v) is 14.1. The largest absolute Gasteiger partial charge is 0.378 e. The number of aromatic nitrogens is 3. The van der Waals surface area contributed by atoms with Gasteiger partial charge in [0, 0.05) is 25.3 Å². The van der Waals surface area contributed by atoms with E-state index in [1.165, 1.54) is 12.4 Å². The molecule has 0 unspecified atom stereocenters. The van der Waals surface area contributed by atoms with Crippen molar-refractivity contribution >= 4 is 21.4 Å². The van der Waals surface area contributed by atoms with Crippen LogP contribution in [0.15, 0.2) is 59.8 Å². The summed E-state index contributed by atoms with van der Waals surface area (Å²) >= 11 is 0. The molecule has 0 amide bonds. The van der Waals surface area contributed by atoms with E-state index in [4.69, 9.17) is 0 Å². The second kappa shape index (κ2) is 6.32. The molecule has 0 aliphatic heterocycles. The molecule has 7 nitrogen and oxygen atoms in total. The van der Waals surface area contributed by atoms with Crippen LogP contribution in [-0.2, 0) is 10.0 Å². The Morgan fingerprint density at radius 1 is 1.08 bits per heavy atom. The normalized spacial score (nSPS) is 11.2. The van der Waals surface area contributed by atoms with Crippen LogP contribution in [-0.4, -0.2) is 37.7 Å². The first-order chi connectivity index (χ1) is 11.5. The molecule has 2 aromatic carbocycles. The minimum atomic E-state index is -3.70. The van der Waals surface area contributed by atoms with E-state index >= 15 is 0 Å². The maximum atomic E-state index is 12.6. The van der Waals surface area contributed by atoms with E-state index in [2.05, 4.69) is 19.9 Å². The molecule has 2 N–H and O–H groups in total. The highest BCUT2D eigenvalue weighted by Crippen LogP contribution is 2.23. The first-order valence-corrected chi connectivity index (χ1v) is 8.70. The van der Waals surface area contributed by atoms with E-state index < -0.39 is 10.0 Å². The Kier molecular flexibility index (Phi) is 4.22. The molecular formula is C16H17N5O2S. The second-order valence-corrected chi connectivity index (χ2v) is 7.09. The van der Waals surface area contributed by atoms with Crippen molar-refractivity contribution in [3.8, 4) is 11.4 Å². The van der Waals surface area contributed by atoms with Crippen molar-refractivity contribution in [3.63, 3.8) is 0 Å². The molecule has 0 saturated heterocycles. The summed E-state index contributed by atoms with van der Waals surface area (Å²) in [7, 11) is 0.0947. The van der Waals surface area contributed by atoms with Gasteiger partial charge in [0.2, 0.25) is 0 Å². The van der Waals surface area contributed by atoms with Crippen LogP contribution in [0.3, 0.4) is 0 Å². The summed E-state index contributed by atoms with van der Waals surface area (Å²) < 4.78 is 27.9. The molecule has 1 heterocycles. The van der Waals surface area contributed by atoms with Gasteiger partial charge in [0.1, 0.15) is 6.33 Å². The summed E-state index contributed by atoms with van der Waals surface area (Å²) in [5, 5.41) is 6.50. The number of rotatable bonds is 5. The fourth-order valence-electron chi connectivity index (χ4n) is 2.22. The van der Waals surface area contributed by atoms with Gasteiger partial charge in [0.15, 0.2) is 5.82 Å². The number of aromatic amines is 1. The van der Waals surface area contributed by atoms with E-state index in [9.17, 15) is 8.42 Å². The lowest BCUT2D eigenvalue weighted by Crippen LogP contribution is -2.14. The Balaban J connectivity index is 1.91. The molecule has 0 bridgehead atoms. The van der Waals surface area contributed by atoms with Gasteiger partial charge in [-0.25, -0.2) is 13.4 Å². The summed E-state index contributed by atoms with van der Waals surface area (Å²) in [5.41, 5.74) is 2.06. The van der Waals surface area contributed by atoms with Crippen LogP contribution < -0.4 is 9.62 Å². The third-order valence-corrected chi connectivity index (χ3v) is 4.83. The number of H-pyrrole nitrogens is 1. The number of benzene rings is 2. The average molecular weight is 343 g/mol. The maximum absolute atomic E-state index is 12.6. The predicted molar refractivity (Wildman–Crippen MR) is 93.4 cm³/mol. The van der Waals surface area contributed by atoms with Gasteiger partial charge in [0.25, 0.3) is 10.0 Å². The summed E-state index contributed by atoms with van der Waals surface area (Å²) in [6, 6.07) is 13.7. The molecule has 0 spiro atoms. The molecule has 0 fully saturated rings. The van der Waals surface area contributed by atoms with Gasteiger partial charge in [-0.05, 0) is 30.3 Å². The Morgan fingerprint density at radius 3 is 2.58 bits per heavy atom. The minimum Gasteiger partial charge on any atom is -0.378 e. The van der Waals surface area contributed by atoms with Crippen LogP contribution >= 0.6 is 0 Å². The molecule has 0 aliphatic rings. The second-order valence-electron chi connectivity index (χ2n) is 5.41. The van der Waals surface area contributed by atoms with Gasteiger partial charge in [-0.3, -0.25) is 9.82 Å². The summed E-state index contributed by atoms with van der Waals surface area (Å²) in [6.45, 7) is 0.